The summed E-state index contributed by atoms with van der Waals surface area (Å²) >= 11 is 0. The van der Waals surface area contributed by atoms with E-state index in [-0.39, 0.29) is 6.10 Å². The maximum atomic E-state index is 9.56. The molecule has 6 nitrogen and oxygen atoms in total. The number of nitrogens with one attached hydrogen (secondary N) is 2. The summed E-state index contributed by atoms with van der Waals surface area (Å²) in [6.45, 7) is 8.41. The number of guanidine groups is 1. The fourth-order valence-electron chi connectivity index (χ4n) is 2.52. The highest BCUT2D eigenvalue weighted by molar-refractivity contribution is 5.80. The molecule has 0 heterocycles. The Labute approximate surface area is 141 Å². The third-order valence-electron chi connectivity index (χ3n) is 3.90. The number of hydrogen-bond donors (Lipinski definition) is 3. The van der Waals surface area contributed by atoms with Gasteiger partial charge in [0.05, 0.1) is 32.5 Å². The molecule has 0 unspecified atom stereocenters. The minimum atomic E-state index is -0.125. The van der Waals surface area contributed by atoms with Crippen LogP contribution in [0.4, 0.5) is 0 Å². The van der Waals surface area contributed by atoms with Crippen LogP contribution < -0.4 is 10.6 Å². The van der Waals surface area contributed by atoms with Crippen molar-refractivity contribution in [2.45, 2.75) is 64.5 Å². The molecule has 0 aromatic rings. The van der Waals surface area contributed by atoms with Gasteiger partial charge in [0.25, 0.3) is 0 Å². The van der Waals surface area contributed by atoms with Crippen molar-refractivity contribution in [2.24, 2.45) is 4.99 Å². The van der Waals surface area contributed by atoms with Crippen LogP contribution in [-0.2, 0) is 9.47 Å². The van der Waals surface area contributed by atoms with Gasteiger partial charge in [-0.15, -0.1) is 0 Å². The largest absolute Gasteiger partial charge is 0.393 e. The van der Waals surface area contributed by atoms with E-state index in [9.17, 15) is 5.11 Å². The fourth-order valence-corrected chi connectivity index (χ4v) is 2.52. The summed E-state index contributed by atoms with van der Waals surface area (Å²) in [5.74, 6) is 0.844. The van der Waals surface area contributed by atoms with Gasteiger partial charge in [0, 0.05) is 19.2 Å². The summed E-state index contributed by atoms with van der Waals surface area (Å²) in [7, 11) is 0. The lowest BCUT2D eigenvalue weighted by Crippen LogP contribution is -2.45. The summed E-state index contributed by atoms with van der Waals surface area (Å²) in [4.78, 5) is 4.54. The first kappa shape index (κ1) is 20.2. The molecule has 0 spiro atoms. The standard InChI is InChI=1S/C17H35N3O3/c1-3-5-11-22-13-14-23-12-10-19-17(18-4-2)20-15-6-8-16(21)9-7-15/h15-16,21H,3-14H2,1-2H3,(H2,18,19,20). The number of unbranched alkanes of at least 4 members (excludes halogenated alkanes) is 1. The number of hydrogen-bond acceptors (Lipinski definition) is 4. The van der Waals surface area contributed by atoms with Crippen LogP contribution in [-0.4, -0.2) is 62.7 Å². The average Bonchev–Trinajstić information content (AvgIpc) is 2.55. The summed E-state index contributed by atoms with van der Waals surface area (Å²) < 4.78 is 11.0. The minimum absolute atomic E-state index is 0.125. The lowest BCUT2D eigenvalue weighted by molar-refractivity contribution is 0.0497. The third-order valence-corrected chi connectivity index (χ3v) is 3.90. The van der Waals surface area contributed by atoms with Gasteiger partial charge >= 0.3 is 0 Å². The van der Waals surface area contributed by atoms with Crippen LogP contribution in [0.15, 0.2) is 4.99 Å². The molecule has 1 fully saturated rings. The zero-order chi connectivity index (χ0) is 16.8. The zero-order valence-corrected chi connectivity index (χ0v) is 14.9. The fraction of sp³-hybridized carbons (Fsp3) is 0.941. The SMILES string of the molecule is CCCCOCCOCCN=C(NCC)NC1CCC(O)CC1. The summed E-state index contributed by atoms with van der Waals surface area (Å²) in [6.07, 6.45) is 5.89. The van der Waals surface area contributed by atoms with Crippen molar-refractivity contribution in [3.8, 4) is 0 Å². The van der Waals surface area contributed by atoms with E-state index < -0.39 is 0 Å². The monoisotopic (exact) mass is 329 g/mol. The van der Waals surface area contributed by atoms with Crippen LogP contribution in [0.2, 0.25) is 0 Å². The van der Waals surface area contributed by atoms with Crippen molar-refractivity contribution in [2.75, 3.05) is 39.5 Å². The maximum absolute atomic E-state index is 9.56. The Morgan fingerprint density at radius 3 is 2.39 bits per heavy atom. The topological polar surface area (TPSA) is 75.1 Å². The Morgan fingerprint density at radius 1 is 1.04 bits per heavy atom. The van der Waals surface area contributed by atoms with Gasteiger partial charge in [0.15, 0.2) is 5.96 Å². The number of aliphatic hydroxyl groups excluding tert-OH is 1. The predicted octanol–water partition coefficient (Wildman–Crippen LogP) is 1.68. The van der Waals surface area contributed by atoms with Crippen molar-refractivity contribution < 1.29 is 14.6 Å². The van der Waals surface area contributed by atoms with Crippen LogP contribution in [0.1, 0.15) is 52.4 Å². The Balaban J connectivity index is 2.11. The molecule has 23 heavy (non-hydrogen) atoms. The van der Waals surface area contributed by atoms with Crippen LogP contribution in [0.3, 0.4) is 0 Å². The molecule has 136 valence electrons. The Kier molecular flexibility index (Phi) is 11.9. The minimum Gasteiger partial charge on any atom is -0.393 e. The van der Waals surface area contributed by atoms with Crippen LogP contribution in [0, 0.1) is 0 Å². The molecule has 1 rings (SSSR count). The molecule has 0 bridgehead atoms. The van der Waals surface area contributed by atoms with Crippen molar-refractivity contribution in [1.29, 1.82) is 0 Å². The quantitative estimate of drug-likeness (QED) is 0.305. The highest BCUT2D eigenvalue weighted by Crippen LogP contribution is 2.18. The molecule has 0 aromatic carbocycles. The second kappa shape index (κ2) is 13.6. The zero-order valence-electron chi connectivity index (χ0n) is 14.9. The van der Waals surface area contributed by atoms with E-state index in [0.29, 0.717) is 32.4 Å². The molecule has 0 aliphatic heterocycles. The third kappa shape index (κ3) is 10.5. The van der Waals surface area contributed by atoms with E-state index in [1.807, 2.05) is 0 Å². The van der Waals surface area contributed by atoms with Crippen LogP contribution >= 0.6 is 0 Å². The summed E-state index contributed by atoms with van der Waals surface area (Å²) in [6, 6.07) is 0.407. The Morgan fingerprint density at radius 2 is 1.74 bits per heavy atom. The Bertz CT molecular complexity index is 305. The van der Waals surface area contributed by atoms with Crippen molar-refractivity contribution in [3.63, 3.8) is 0 Å². The second-order valence-electron chi connectivity index (χ2n) is 5.99. The van der Waals surface area contributed by atoms with Crippen molar-refractivity contribution in [3.05, 3.63) is 0 Å². The Hall–Kier alpha value is -0.850. The first-order valence-corrected chi connectivity index (χ1v) is 9.14. The van der Waals surface area contributed by atoms with E-state index in [1.54, 1.807) is 0 Å². The highest BCUT2D eigenvalue weighted by Gasteiger charge is 2.19. The van der Waals surface area contributed by atoms with E-state index in [2.05, 4.69) is 29.5 Å². The van der Waals surface area contributed by atoms with E-state index >= 15 is 0 Å². The van der Waals surface area contributed by atoms with Gasteiger partial charge in [-0.1, -0.05) is 13.3 Å². The van der Waals surface area contributed by atoms with Crippen molar-refractivity contribution >= 4 is 5.96 Å². The van der Waals surface area contributed by atoms with Gasteiger partial charge in [-0.25, -0.2) is 0 Å². The molecule has 6 heteroatoms. The number of ether oxygens (including phenoxy) is 2. The lowest BCUT2D eigenvalue weighted by Gasteiger charge is -2.27. The second-order valence-corrected chi connectivity index (χ2v) is 5.99. The molecule has 0 radical (unpaired) electrons. The van der Waals surface area contributed by atoms with Gasteiger partial charge in [-0.2, -0.15) is 0 Å². The number of rotatable bonds is 11. The van der Waals surface area contributed by atoms with Crippen LogP contribution in [0.5, 0.6) is 0 Å². The molecule has 0 saturated heterocycles. The van der Waals surface area contributed by atoms with Crippen LogP contribution in [0.25, 0.3) is 0 Å². The molecule has 0 amide bonds. The molecule has 1 aliphatic carbocycles. The highest BCUT2D eigenvalue weighted by atomic mass is 16.5. The molecule has 1 saturated carbocycles. The summed E-state index contributed by atoms with van der Waals surface area (Å²) in [5.41, 5.74) is 0. The smallest absolute Gasteiger partial charge is 0.191 e. The van der Waals surface area contributed by atoms with Gasteiger partial charge in [-0.05, 0) is 39.0 Å². The van der Waals surface area contributed by atoms with Gasteiger partial charge in [0.2, 0.25) is 0 Å². The molecule has 0 aromatic heterocycles. The molecular formula is C17H35N3O3. The first-order valence-electron chi connectivity index (χ1n) is 9.14. The average molecular weight is 329 g/mol. The first-order chi connectivity index (χ1) is 11.3. The molecular weight excluding hydrogens is 294 g/mol. The van der Waals surface area contributed by atoms with Crippen molar-refractivity contribution in [1.82, 2.24) is 10.6 Å². The van der Waals surface area contributed by atoms with E-state index in [1.165, 1.54) is 0 Å². The number of aliphatic hydroxyl groups is 1. The molecule has 3 N–H and O–H groups in total. The van der Waals surface area contributed by atoms with E-state index in [4.69, 9.17) is 9.47 Å². The van der Waals surface area contributed by atoms with E-state index in [0.717, 1.165) is 57.6 Å². The number of nitrogens with zero attached hydrogens (tertiary/aromatic N) is 1. The van der Waals surface area contributed by atoms with Gasteiger partial charge < -0.3 is 25.2 Å². The normalized spacial score (nSPS) is 22.1. The molecule has 1 aliphatic rings. The van der Waals surface area contributed by atoms with Gasteiger partial charge in [-0.3, -0.25) is 4.99 Å². The summed E-state index contributed by atoms with van der Waals surface area (Å²) in [5, 5.41) is 16.3. The molecule has 0 atom stereocenters. The lowest BCUT2D eigenvalue weighted by atomic mass is 9.93. The predicted molar refractivity (Wildman–Crippen MR) is 93.9 cm³/mol. The van der Waals surface area contributed by atoms with Gasteiger partial charge in [0.1, 0.15) is 0 Å². The number of aliphatic imine (C=N–C) groups is 1. The maximum Gasteiger partial charge on any atom is 0.191 e.